The standard InChI is InChI=1S/C26H22FN3O5S/c27-21-9-5-4-8-19(21)17-10-11-22-20(14-17)26(33)30-13-12-29(15-23(30)25(32)28-22)24(31)16-36(34,35)18-6-2-1-3-7-18/h1-11,14,23H,12-13,15-16H2,(H,28,32). The van der Waals surface area contributed by atoms with E-state index in [0.29, 0.717) is 16.8 Å². The first-order valence-electron chi connectivity index (χ1n) is 11.3. The van der Waals surface area contributed by atoms with E-state index in [9.17, 15) is 27.2 Å². The summed E-state index contributed by atoms with van der Waals surface area (Å²) in [7, 11) is -3.85. The molecule has 1 saturated heterocycles. The summed E-state index contributed by atoms with van der Waals surface area (Å²) in [5.41, 5.74) is 1.34. The molecule has 3 aromatic carbocycles. The Morgan fingerprint density at radius 2 is 1.67 bits per heavy atom. The van der Waals surface area contributed by atoms with Crippen molar-refractivity contribution >= 4 is 33.2 Å². The van der Waals surface area contributed by atoms with Crippen molar-refractivity contribution < 1.29 is 27.2 Å². The molecule has 0 radical (unpaired) electrons. The van der Waals surface area contributed by atoms with Crippen LogP contribution in [-0.4, -0.2) is 67.4 Å². The molecule has 1 unspecified atom stereocenters. The molecule has 2 aliphatic rings. The largest absolute Gasteiger partial charge is 0.337 e. The van der Waals surface area contributed by atoms with E-state index in [2.05, 4.69) is 5.32 Å². The van der Waals surface area contributed by atoms with Gasteiger partial charge in [0.2, 0.25) is 11.8 Å². The van der Waals surface area contributed by atoms with Gasteiger partial charge in [0.25, 0.3) is 5.91 Å². The lowest BCUT2D eigenvalue weighted by Crippen LogP contribution is -2.60. The topological polar surface area (TPSA) is 104 Å². The summed E-state index contributed by atoms with van der Waals surface area (Å²) in [5.74, 6) is -2.70. The van der Waals surface area contributed by atoms with E-state index < -0.39 is 45.2 Å². The van der Waals surface area contributed by atoms with Gasteiger partial charge in [-0.2, -0.15) is 0 Å². The molecule has 0 spiro atoms. The molecular formula is C26H22FN3O5S. The van der Waals surface area contributed by atoms with E-state index in [-0.39, 0.29) is 30.1 Å². The van der Waals surface area contributed by atoms with Gasteiger partial charge in [0.1, 0.15) is 17.6 Å². The van der Waals surface area contributed by atoms with Gasteiger partial charge < -0.3 is 15.1 Å². The highest BCUT2D eigenvalue weighted by atomic mass is 32.2. The first-order valence-corrected chi connectivity index (χ1v) is 13.0. The molecule has 0 saturated carbocycles. The zero-order valence-electron chi connectivity index (χ0n) is 19.1. The molecule has 0 bridgehead atoms. The van der Waals surface area contributed by atoms with Crippen LogP contribution in [0.1, 0.15) is 10.4 Å². The number of benzene rings is 3. The lowest BCUT2D eigenvalue weighted by Gasteiger charge is -2.39. The van der Waals surface area contributed by atoms with Gasteiger partial charge in [-0.25, -0.2) is 12.8 Å². The number of carbonyl (C=O) groups excluding carboxylic acids is 3. The van der Waals surface area contributed by atoms with Gasteiger partial charge in [-0.1, -0.05) is 42.5 Å². The molecule has 8 nitrogen and oxygen atoms in total. The van der Waals surface area contributed by atoms with E-state index in [1.54, 1.807) is 54.6 Å². The van der Waals surface area contributed by atoms with Crippen molar-refractivity contribution in [1.29, 1.82) is 0 Å². The Hall–Kier alpha value is -4.05. The summed E-state index contributed by atoms with van der Waals surface area (Å²) in [6.45, 7) is 0.00723. The number of anilines is 1. The Labute approximate surface area is 207 Å². The number of piperazine rings is 1. The Balaban J connectivity index is 1.37. The monoisotopic (exact) mass is 507 g/mol. The highest BCUT2D eigenvalue weighted by molar-refractivity contribution is 7.92. The fraction of sp³-hybridized carbons (Fsp3) is 0.192. The molecular weight excluding hydrogens is 485 g/mol. The number of fused-ring (bicyclic) bond motifs is 2. The summed E-state index contributed by atoms with van der Waals surface area (Å²) in [5, 5.41) is 2.73. The molecule has 2 heterocycles. The van der Waals surface area contributed by atoms with Crippen LogP contribution >= 0.6 is 0 Å². The zero-order chi connectivity index (χ0) is 25.4. The Morgan fingerprint density at radius 3 is 2.42 bits per heavy atom. The van der Waals surface area contributed by atoms with Crippen LogP contribution in [0.4, 0.5) is 10.1 Å². The number of sulfone groups is 1. The highest BCUT2D eigenvalue weighted by Crippen LogP contribution is 2.31. The summed E-state index contributed by atoms with van der Waals surface area (Å²) >= 11 is 0. The molecule has 5 rings (SSSR count). The number of rotatable bonds is 4. The highest BCUT2D eigenvalue weighted by Gasteiger charge is 2.41. The number of carbonyl (C=O) groups is 3. The number of halogens is 1. The average molecular weight is 508 g/mol. The molecule has 1 fully saturated rings. The second kappa shape index (κ2) is 9.19. The summed E-state index contributed by atoms with van der Waals surface area (Å²) in [4.78, 5) is 42.0. The van der Waals surface area contributed by atoms with Gasteiger partial charge in [0, 0.05) is 18.7 Å². The van der Waals surface area contributed by atoms with Gasteiger partial charge in [-0.15, -0.1) is 0 Å². The first-order chi connectivity index (χ1) is 17.2. The van der Waals surface area contributed by atoms with Crippen LogP contribution in [0.25, 0.3) is 11.1 Å². The van der Waals surface area contributed by atoms with Crippen molar-refractivity contribution in [3.63, 3.8) is 0 Å². The number of hydrogen-bond donors (Lipinski definition) is 1. The van der Waals surface area contributed by atoms with Crippen LogP contribution in [0.2, 0.25) is 0 Å². The van der Waals surface area contributed by atoms with E-state index in [0.717, 1.165) is 0 Å². The van der Waals surface area contributed by atoms with Gasteiger partial charge in [0.15, 0.2) is 9.84 Å². The van der Waals surface area contributed by atoms with Crippen LogP contribution in [-0.2, 0) is 19.4 Å². The SMILES string of the molecule is O=C1Nc2ccc(-c3ccccc3F)cc2C(=O)N2CCN(C(=O)CS(=O)(=O)c3ccccc3)CC12. The van der Waals surface area contributed by atoms with Crippen LogP contribution in [0.3, 0.4) is 0 Å². The average Bonchev–Trinajstić information content (AvgIpc) is 2.98. The van der Waals surface area contributed by atoms with E-state index in [1.165, 1.54) is 28.0 Å². The van der Waals surface area contributed by atoms with Crippen LogP contribution in [0.5, 0.6) is 0 Å². The minimum absolute atomic E-state index is 0.0421. The second-order valence-electron chi connectivity index (χ2n) is 8.66. The maximum absolute atomic E-state index is 14.3. The predicted octanol–water partition coefficient (Wildman–Crippen LogP) is 2.57. The van der Waals surface area contributed by atoms with E-state index in [1.807, 2.05) is 0 Å². The molecule has 1 N–H and O–H groups in total. The minimum Gasteiger partial charge on any atom is -0.337 e. The third kappa shape index (κ3) is 4.35. The van der Waals surface area contributed by atoms with Crippen molar-refractivity contribution in [3.8, 4) is 11.1 Å². The van der Waals surface area contributed by atoms with Crippen molar-refractivity contribution in [2.45, 2.75) is 10.9 Å². The van der Waals surface area contributed by atoms with E-state index >= 15 is 0 Å². The van der Waals surface area contributed by atoms with Gasteiger partial charge in [0.05, 0.1) is 22.7 Å². The normalized spacial score (nSPS) is 17.6. The Bertz CT molecular complexity index is 1480. The molecule has 3 amide bonds. The third-order valence-corrected chi connectivity index (χ3v) is 8.02. The van der Waals surface area contributed by atoms with Gasteiger partial charge in [-0.05, 0) is 35.9 Å². The lowest BCUT2D eigenvalue weighted by atomic mass is 10.0. The van der Waals surface area contributed by atoms with Crippen molar-refractivity contribution in [3.05, 3.63) is 84.2 Å². The molecule has 36 heavy (non-hydrogen) atoms. The smallest absolute Gasteiger partial charge is 0.256 e. The molecule has 1 atom stereocenters. The fourth-order valence-electron chi connectivity index (χ4n) is 4.51. The van der Waals surface area contributed by atoms with Crippen molar-refractivity contribution in [2.24, 2.45) is 0 Å². The third-order valence-electron chi connectivity index (χ3n) is 6.41. The predicted molar refractivity (Wildman–Crippen MR) is 130 cm³/mol. The van der Waals surface area contributed by atoms with Crippen LogP contribution in [0, 0.1) is 5.82 Å². The molecule has 10 heteroatoms. The number of hydrogen-bond acceptors (Lipinski definition) is 5. The summed E-state index contributed by atoms with van der Waals surface area (Å²) < 4.78 is 39.6. The van der Waals surface area contributed by atoms with Gasteiger partial charge in [-0.3, -0.25) is 14.4 Å². The maximum atomic E-state index is 14.3. The summed E-state index contributed by atoms with van der Waals surface area (Å²) in [6.07, 6.45) is 0. The molecule has 0 aliphatic carbocycles. The molecule has 3 aromatic rings. The van der Waals surface area contributed by atoms with Gasteiger partial charge >= 0.3 is 0 Å². The fourth-order valence-corrected chi connectivity index (χ4v) is 5.75. The van der Waals surface area contributed by atoms with Crippen molar-refractivity contribution in [1.82, 2.24) is 9.80 Å². The maximum Gasteiger partial charge on any atom is 0.256 e. The zero-order valence-corrected chi connectivity index (χ0v) is 19.9. The van der Waals surface area contributed by atoms with Crippen LogP contribution < -0.4 is 5.32 Å². The number of nitrogens with one attached hydrogen (secondary N) is 1. The Kier molecular flexibility index (Phi) is 6.05. The van der Waals surface area contributed by atoms with E-state index in [4.69, 9.17) is 0 Å². The first kappa shape index (κ1) is 23.7. The Morgan fingerprint density at radius 1 is 0.944 bits per heavy atom. The minimum atomic E-state index is -3.85. The lowest BCUT2D eigenvalue weighted by molar-refractivity contribution is -0.133. The quantitative estimate of drug-likeness (QED) is 0.585. The number of nitrogens with zero attached hydrogens (tertiary/aromatic N) is 2. The molecule has 2 aliphatic heterocycles. The number of amides is 3. The molecule has 184 valence electrons. The molecule has 0 aromatic heterocycles. The van der Waals surface area contributed by atoms with Crippen LogP contribution in [0.15, 0.2) is 77.7 Å². The summed E-state index contributed by atoms with van der Waals surface area (Å²) in [6, 6.07) is 17.6. The van der Waals surface area contributed by atoms with Crippen molar-refractivity contribution in [2.75, 3.05) is 30.7 Å². The second-order valence-corrected chi connectivity index (χ2v) is 10.6.